The number of aromatic hydroxyl groups is 1. The smallest absolute Gasteiger partial charge is 0.137 e. The van der Waals surface area contributed by atoms with Gasteiger partial charge in [-0.1, -0.05) is 12.1 Å². The molecule has 0 bridgehead atoms. The Balaban J connectivity index is 1.65. The molecular weight excluding hydrogens is 328 g/mol. The van der Waals surface area contributed by atoms with E-state index in [9.17, 15) is 5.11 Å². The van der Waals surface area contributed by atoms with Crippen LogP contribution in [0.4, 0.5) is 0 Å². The van der Waals surface area contributed by atoms with Crippen molar-refractivity contribution in [1.29, 1.82) is 0 Å². The highest BCUT2D eigenvalue weighted by atomic mass is 16.5. The predicted octanol–water partition coefficient (Wildman–Crippen LogP) is 5.53. The molecule has 130 valence electrons. The van der Waals surface area contributed by atoms with Crippen LogP contribution in [0, 0.1) is 13.8 Å². The molecule has 0 saturated heterocycles. The predicted molar refractivity (Wildman–Crippen MR) is 97.2 cm³/mol. The monoisotopic (exact) mass is 346 g/mol. The summed E-state index contributed by atoms with van der Waals surface area (Å²) in [6.07, 6.45) is -0.195. The summed E-state index contributed by atoms with van der Waals surface area (Å²) < 4.78 is 18.4. The van der Waals surface area contributed by atoms with Crippen LogP contribution in [0.5, 0.6) is 28.7 Å². The molecule has 5 rings (SSSR count). The van der Waals surface area contributed by atoms with Gasteiger partial charge in [0.05, 0.1) is 12.2 Å². The average Bonchev–Trinajstić information content (AvgIpc) is 2.99. The van der Waals surface area contributed by atoms with Crippen LogP contribution in [-0.4, -0.2) is 5.11 Å². The first-order valence-corrected chi connectivity index (χ1v) is 8.63. The summed E-state index contributed by atoms with van der Waals surface area (Å²) in [6.45, 7) is 4.49. The Kier molecular flexibility index (Phi) is 3.24. The summed E-state index contributed by atoms with van der Waals surface area (Å²) in [4.78, 5) is 0. The standard InChI is InChI=1S/C22H18O4/c1-12-6-15(23)10-16(7-12)25-18-8-13(2)9-19-21(18)22-20-14(11-24-22)4-3-5-17(20)26-19/h3-10,22-23H,11H2,1-2H3/t22-/m1/s1. The zero-order chi connectivity index (χ0) is 17.8. The zero-order valence-electron chi connectivity index (χ0n) is 14.6. The number of phenolic OH excluding ortho intramolecular Hbond substituents is 1. The van der Waals surface area contributed by atoms with Crippen molar-refractivity contribution in [2.75, 3.05) is 0 Å². The normalized spacial score (nSPS) is 16.6. The summed E-state index contributed by atoms with van der Waals surface area (Å²) >= 11 is 0. The number of rotatable bonds is 2. The van der Waals surface area contributed by atoms with Crippen LogP contribution in [-0.2, 0) is 11.3 Å². The van der Waals surface area contributed by atoms with E-state index in [1.165, 1.54) is 0 Å². The fourth-order valence-electron chi connectivity index (χ4n) is 3.78. The van der Waals surface area contributed by atoms with Crippen LogP contribution in [0.15, 0.2) is 48.5 Å². The van der Waals surface area contributed by atoms with Crippen molar-refractivity contribution in [3.05, 3.63) is 76.3 Å². The quantitative estimate of drug-likeness (QED) is 0.663. The first-order chi connectivity index (χ1) is 12.6. The van der Waals surface area contributed by atoms with Crippen molar-refractivity contribution in [1.82, 2.24) is 0 Å². The molecule has 4 nitrogen and oxygen atoms in total. The Hall–Kier alpha value is -2.98. The molecule has 0 radical (unpaired) electrons. The molecule has 0 aromatic heterocycles. The van der Waals surface area contributed by atoms with Gasteiger partial charge in [-0.05, 0) is 60.9 Å². The maximum absolute atomic E-state index is 9.87. The third-order valence-electron chi connectivity index (χ3n) is 4.82. The molecule has 0 spiro atoms. The number of hydrogen-bond acceptors (Lipinski definition) is 4. The van der Waals surface area contributed by atoms with Crippen molar-refractivity contribution >= 4 is 0 Å². The molecule has 0 aliphatic carbocycles. The van der Waals surface area contributed by atoms with Gasteiger partial charge in [-0.15, -0.1) is 0 Å². The third-order valence-corrected chi connectivity index (χ3v) is 4.82. The maximum atomic E-state index is 9.87. The van der Waals surface area contributed by atoms with Crippen molar-refractivity contribution < 1.29 is 19.3 Å². The van der Waals surface area contributed by atoms with Gasteiger partial charge in [0.15, 0.2) is 0 Å². The van der Waals surface area contributed by atoms with E-state index < -0.39 is 0 Å². The van der Waals surface area contributed by atoms with Gasteiger partial charge in [0.25, 0.3) is 0 Å². The van der Waals surface area contributed by atoms with E-state index in [-0.39, 0.29) is 11.9 Å². The zero-order valence-corrected chi connectivity index (χ0v) is 14.6. The number of benzene rings is 3. The molecule has 2 aliphatic rings. The van der Waals surface area contributed by atoms with E-state index in [2.05, 4.69) is 6.07 Å². The van der Waals surface area contributed by atoms with Crippen molar-refractivity contribution in [2.24, 2.45) is 0 Å². The number of phenols is 1. The fraction of sp³-hybridized carbons (Fsp3) is 0.182. The Morgan fingerprint density at radius 2 is 1.81 bits per heavy atom. The van der Waals surface area contributed by atoms with Crippen LogP contribution in [0.3, 0.4) is 0 Å². The van der Waals surface area contributed by atoms with Gasteiger partial charge in [-0.2, -0.15) is 0 Å². The second kappa shape index (κ2) is 5.51. The fourth-order valence-corrected chi connectivity index (χ4v) is 3.78. The molecule has 1 atom stereocenters. The molecule has 2 heterocycles. The van der Waals surface area contributed by atoms with Crippen molar-refractivity contribution in [2.45, 2.75) is 26.6 Å². The van der Waals surface area contributed by atoms with Gasteiger partial charge in [0.2, 0.25) is 0 Å². The largest absolute Gasteiger partial charge is 0.508 e. The van der Waals surface area contributed by atoms with E-state index in [1.807, 2.05) is 44.2 Å². The molecule has 0 fully saturated rings. The lowest BCUT2D eigenvalue weighted by Gasteiger charge is -2.27. The summed E-state index contributed by atoms with van der Waals surface area (Å²) in [5, 5.41) is 9.87. The summed E-state index contributed by atoms with van der Waals surface area (Å²) in [7, 11) is 0. The van der Waals surface area contributed by atoms with Crippen molar-refractivity contribution in [3.8, 4) is 28.7 Å². The van der Waals surface area contributed by atoms with Gasteiger partial charge >= 0.3 is 0 Å². The molecule has 4 heteroatoms. The molecule has 2 aliphatic heterocycles. The van der Waals surface area contributed by atoms with E-state index >= 15 is 0 Å². The van der Waals surface area contributed by atoms with E-state index in [1.54, 1.807) is 12.1 Å². The first kappa shape index (κ1) is 15.3. The van der Waals surface area contributed by atoms with E-state index in [0.29, 0.717) is 18.1 Å². The van der Waals surface area contributed by atoms with E-state index in [4.69, 9.17) is 14.2 Å². The highest BCUT2D eigenvalue weighted by molar-refractivity contribution is 5.62. The van der Waals surface area contributed by atoms with Crippen molar-refractivity contribution in [3.63, 3.8) is 0 Å². The topological polar surface area (TPSA) is 47.9 Å². The van der Waals surface area contributed by atoms with Crippen LogP contribution in [0.2, 0.25) is 0 Å². The highest BCUT2D eigenvalue weighted by Crippen LogP contribution is 2.53. The number of aryl methyl sites for hydroxylation is 2. The van der Waals surface area contributed by atoms with Crippen LogP contribution in [0.25, 0.3) is 0 Å². The molecule has 1 N–H and O–H groups in total. The van der Waals surface area contributed by atoms with Gasteiger partial charge in [0.1, 0.15) is 34.9 Å². The van der Waals surface area contributed by atoms with Gasteiger partial charge < -0.3 is 19.3 Å². The van der Waals surface area contributed by atoms with E-state index in [0.717, 1.165) is 39.3 Å². The number of hydrogen-bond donors (Lipinski definition) is 1. The minimum absolute atomic E-state index is 0.183. The highest BCUT2D eigenvalue weighted by Gasteiger charge is 2.37. The molecule has 3 aromatic carbocycles. The minimum Gasteiger partial charge on any atom is -0.508 e. The Bertz CT molecular complexity index is 1020. The number of ether oxygens (including phenoxy) is 3. The summed E-state index contributed by atoms with van der Waals surface area (Å²) in [5.74, 6) is 3.07. The van der Waals surface area contributed by atoms with Crippen LogP contribution >= 0.6 is 0 Å². The maximum Gasteiger partial charge on any atom is 0.137 e. The molecule has 0 amide bonds. The van der Waals surface area contributed by atoms with Crippen LogP contribution in [0.1, 0.15) is 33.9 Å². The molecule has 0 unspecified atom stereocenters. The first-order valence-electron chi connectivity index (χ1n) is 8.63. The second-order valence-electron chi connectivity index (χ2n) is 6.90. The number of fused-ring (bicyclic) bond motifs is 2. The third kappa shape index (κ3) is 2.34. The SMILES string of the molecule is Cc1cc(O)cc(Oc2cc(C)cc3c2[C@@H]2OCc4cccc(c42)O3)c1. The lowest BCUT2D eigenvalue weighted by Crippen LogP contribution is -2.10. The van der Waals surface area contributed by atoms with Gasteiger partial charge in [-0.25, -0.2) is 0 Å². The molecule has 0 saturated carbocycles. The Morgan fingerprint density at radius 1 is 0.962 bits per heavy atom. The average molecular weight is 346 g/mol. The second-order valence-corrected chi connectivity index (χ2v) is 6.90. The lowest BCUT2D eigenvalue weighted by atomic mass is 9.93. The summed E-state index contributed by atoms with van der Waals surface area (Å²) in [5.41, 5.74) is 5.10. The summed E-state index contributed by atoms with van der Waals surface area (Å²) in [6, 6.07) is 15.2. The molecular formula is C22H18O4. The van der Waals surface area contributed by atoms with Gasteiger partial charge in [-0.3, -0.25) is 0 Å². The Labute approximate surface area is 151 Å². The van der Waals surface area contributed by atoms with Crippen LogP contribution < -0.4 is 9.47 Å². The van der Waals surface area contributed by atoms with Gasteiger partial charge in [0, 0.05) is 11.6 Å². The Morgan fingerprint density at radius 3 is 2.65 bits per heavy atom. The minimum atomic E-state index is -0.195. The molecule has 3 aromatic rings. The molecule has 26 heavy (non-hydrogen) atoms. The lowest BCUT2D eigenvalue weighted by molar-refractivity contribution is 0.0866.